The second-order valence-corrected chi connectivity index (χ2v) is 10.4. The molecule has 0 aliphatic carbocycles. The minimum atomic E-state index is -3.97. The monoisotopic (exact) mass is 398 g/mol. The Balaban J connectivity index is 2.10. The van der Waals surface area contributed by atoms with Crippen molar-refractivity contribution in [3.05, 3.63) is 53.7 Å². The maximum Gasteiger partial charge on any atom is 0.283 e. The summed E-state index contributed by atoms with van der Waals surface area (Å²) in [6, 6.07) is 10.0. The number of sulfone groups is 1. The molecule has 0 spiro atoms. The van der Waals surface area contributed by atoms with Crippen LogP contribution in [0, 0.1) is 0 Å². The fourth-order valence-corrected chi connectivity index (χ4v) is 4.90. The molecule has 3 aromatic rings. The molecule has 0 N–H and O–H groups in total. The van der Waals surface area contributed by atoms with Gasteiger partial charge in [0.2, 0.25) is 0 Å². The molecule has 0 radical (unpaired) electrons. The first-order chi connectivity index (χ1) is 11.7. The lowest BCUT2D eigenvalue weighted by atomic mass is 10.3. The molecule has 0 saturated carbocycles. The molecule has 6 nitrogen and oxygen atoms in total. The SMILES string of the molecule is CC(C)S(=O)(=O)c1ccc(S(=O)(=O)n2ncc3c(Cl)cccc32)cc1. The van der Waals surface area contributed by atoms with E-state index in [1.165, 1.54) is 30.5 Å². The van der Waals surface area contributed by atoms with E-state index in [9.17, 15) is 16.8 Å². The van der Waals surface area contributed by atoms with Gasteiger partial charge in [0.05, 0.1) is 31.8 Å². The third kappa shape index (κ3) is 2.94. The van der Waals surface area contributed by atoms with Crippen LogP contribution in [0.15, 0.2) is 58.5 Å². The van der Waals surface area contributed by atoms with Gasteiger partial charge >= 0.3 is 0 Å². The van der Waals surface area contributed by atoms with Crippen molar-refractivity contribution in [2.45, 2.75) is 28.9 Å². The van der Waals surface area contributed by atoms with Gasteiger partial charge in [0.1, 0.15) is 0 Å². The molecule has 0 atom stereocenters. The second kappa shape index (κ2) is 6.12. The maximum atomic E-state index is 12.8. The number of hydrogen-bond donors (Lipinski definition) is 0. The Morgan fingerprint density at radius 2 is 1.56 bits per heavy atom. The van der Waals surface area contributed by atoms with Crippen molar-refractivity contribution >= 4 is 42.4 Å². The number of nitrogens with zero attached hydrogens (tertiary/aromatic N) is 2. The fraction of sp³-hybridized carbons (Fsp3) is 0.188. The lowest BCUT2D eigenvalue weighted by Crippen LogP contribution is -2.16. The van der Waals surface area contributed by atoms with Crippen molar-refractivity contribution in [1.29, 1.82) is 0 Å². The molecule has 25 heavy (non-hydrogen) atoms. The number of fused-ring (bicyclic) bond motifs is 1. The van der Waals surface area contributed by atoms with Crippen LogP contribution in [0.5, 0.6) is 0 Å². The molecule has 1 heterocycles. The van der Waals surface area contributed by atoms with E-state index >= 15 is 0 Å². The first kappa shape index (κ1) is 17.9. The van der Waals surface area contributed by atoms with Crippen LogP contribution < -0.4 is 0 Å². The number of aromatic nitrogens is 2. The van der Waals surface area contributed by atoms with Gasteiger partial charge in [0.25, 0.3) is 10.0 Å². The Morgan fingerprint density at radius 1 is 0.960 bits per heavy atom. The molecule has 0 aliphatic heterocycles. The zero-order valence-electron chi connectivity index (χ0n) is 13.4. The molecule has 0 fully saturated rings. The molecule has 0 saturated heterocycles. The van der Waals surface area contributed by atoms with Gasteiger partial charge in [-0.15, -0.1) is 0 Å². The number of hydrogen-bond acceptors (Lipinski definition) is 5. The standard InChI is InChI=1S/C16H15ClN2O4S2/c1-11(2)24(20,21)12-6-8-13(9-7-12)25(22,23)19-16-5-3-4-15(17)14(16)10-18-19/h3-11H,1-2H3. The molecular formula is C16H15ClN2O4S2. The van der Waals surface area contributed by atoms with Crippen molar-refractivity contribution in [1.82, 2.24) is 9.19 Å². The van der Waals surface area contributed by atoms with Gasteiger partial charge in [-0.2, -0.15) is 17.6 Å². The summed E-state index contributed by atoms with van der Waals surface area (Å²) in [6.07, 6.45) is 1.38. The zero-order chi connectivity index (χ0) is 18.4. The highest BCUT2D eigenvalue weighted by Crippen LogP contribution is 2.26. The van der Waals surface area contributed by atoms with Gasteiger partial charge < -0.3 is 0 Å². The maximum absolute atomic E-state index is 12.8. The van der Waals surface area contributed by atoms with E-state index in [0.717, 1.165) is 4.09 Å². The van der Waals surface area contributed by atoms with Crippen molar-refractivity contribution < 1.29 is 16.8 Å². The Hall–Kier alpha value is -1.90. The lowest BCUT2D eigenvalue weighted by Gasteiger charge is -2.09. The fourth-order valence-electron chi connectivity index (χ4n) is 2.36. The number of rotatable bonds is 4. The lowest BCUT2D eigenvalue weighted by molar-refractivity contribution is 0.580. The highest BCUT2D eigenvalue weighted by Gasteiger charge is 2.23. The van der Waals surface area contributed by atoms with Gasteiger partial charge in [-0.1, -0.05) is 17.7 Å². The highest BCUT2D eigenvalue weighted by molar-refractivity contribution is 7.92. The smallest absolute Gasteiger partial charge is 0.223 e. The average Bonchev–Trinajstić information content (AvgIpc) is 3.01. The summed E-state index contributed by atoms with van der Waals surface area (Å²) in [7, 11) is -7.44. The first-order valence-electron chi connectivity index (χ1n) is 7.37. The Labute approximate surface area is 151 Å². The first-order valence-corrected chi connectivity index (χ1v) is 10.7. The van der Waals surface area contributed by atoms with Crippen LogP contribution in [0.1, 0.15) is 13.8 Å². The van der Waals surface area contributed by atoms with E-state index in [2.05, 4.69) is 5.10 Å². The van der Waals surface area contributed by atoms with Crippen LogP contribution >= 0.6 is 11.6 Å². The summed E-state index contributed by atoms with van der Waals surface area (Å²) >= 11 is 6.05. The third-order valence-electron chi connectivity index (χ3n) is 3.83. The predicted molar refractivity (Wildman–Crippen MR) is 96.1 cm³/mol. The summed E-state index contributed by atoms with van der Waals surface area (Å²) in [4.78, 5) is 0.0231. The summed E-state index contributed by atoms with van der Waals surface area (Å²) in [5.41, 5.74) is 0.353. The normalized spacial score (nSPS) is 12.8. The molecule has 0 bridgehead atoms. The topological polar surface area (TPSA) is 86.1 Å². The van der Waals surface area contributed by atoms with Crippen LogP contribution in [-0.4, -0.2) is 31.3 Å². The largest absolute Gasteiger partial charge is 0.283 e. The molecular weight excluding hydrogens is 384 g/mol. The van der Waals surface area contributed by atoms with Crippen LogP contribution in [0.4, 0.5) is 0 Å². The summed E-state index contributed by atoms with van der Waals surface area (Å²) in [6.45, 7) is 3.14. The van der Waals surface area contributed by atoms with Crippen LogP contribution in [0.2, 0.25) is 5.02 Å². The second-order valence-electron chi connectivity index (χ2n) is 5.73. The number of benzene rings is 2. The van der Waals surface area contributed by atoms with Gasteiger partial charge in [0, 0.05) is 5.39 Å². The van der Waals surface area contributed by atoms with Gasteiger partial charge in [-0.05, 0) is 50.2 Å². The Morgan fingerprint density at radius 3 is 2.16 bits per heavy atom. The van der Waals surface area contributed by atoms with Crippen LogP contribution in [-0.2, 0) is 19.9 Å². The van der Waals surface area contributed by atoms with Crippen LogP contribution in [0.3, 0.4) is 0 Å². The Bertz CT molecular complexity index is 1150. The van der Waals surface area contributed by atoms with Crippen LogP contribution in [0.25, 0.3) is 10.9 Å². The average molecular weight is 399 g/mol. The van der Waals surface area contributed by atoms with E-state index < -0.39 is 25.1 Å². The molecule has 0 amide bonds. The van der Waals surface area contributed by atoms with Gasteiger partial charge in [-0.25, -0.2) is 8.42 Å². The van der Waals surface area contributed by atoms with E-state index in [-0.39, 0.29) is 9.79 Å². The third-order valence-corrected chi connectivity index (χ3v) is 7.94. The zero-order valence-corrected chi connectivity index (χ0v) is 15.8. The van der Waals surface area contributed by atoms with E-state index in [0.29, 0.717) is 15.9 Å². The minimum absolute atomic E-state index is 0.0554. The molecule has 1 aromatic heterocycles. The summed E-state index contributed by atoms with van der Waals surface area (Å²) in [5, 5.41) is 4.26. The summed E-state index contributed by atoms with van der Waals surface area (Å²) in [5.74, 6) is 0. The van der Waals surface area contributed by atoms with Crippen molar-refractivity contribution in [3.63, 3.8) is 0 Å². The van der Waals surface area contributed by atoms with E-state index in [4.69, 9.17) is 11.6 Å². The quantitative estimate of drug-likeness (QED) is 0.674. The predicted octanol–water partition coefficient (Wildman–Crippen LogP) is 3.11. The number of halogens is 1. The molecule has 0 aliphatic rings. The minimum Gasteiger partial charge on any atom is -0.223 e. The van der Waals surface area contributed by atoms with Crippen molar-refractivity contribution in [2.24, 2.45) is 0 Å². The molecule has 0 unspecified atom stereocenters. The van der Waals surface area contributed by atoms with Gasteiger partial charge in [-0.3, -0.25) is 0 Å². The van der Waals surface area contributed by atoms with E-state index in [1.54, 1.807) is 32.0 Å². The van der Waals surface area contributed by atoms with Gasteiger partial charge in [0.15, 0.2) is 9.84 Å². The molecule has 132 valence electrons. The molecule has 3 rings (SSSR count). The van der Waals surface area contributed by atoms with E-state index in [1.807, 2.05) is 0 Å². The molecule has 2 aromatic carbocycles. The summed E-state index contributed by atoms with van der Waals surface area (Å²) < 4.78 is 50.8. The molecule has 9 heteroatoms. The van der Waals surface area contributed by atoms with Crippen molar-refractivity contribution in [3.8, 4) is 0 Å². The highest BCUT2D eigenvalue weighted by atomic mass is 35.5. The Kier molecular flexibility index (Phi) is 4.38. The van der Waals surface area contributed by atoms with Crippen molar-refractivity contribution in [2.75, 3.05) is 0 Å².